The summed E-state index contributed by atoms with van der Waals surface area (Å²) in [6, 6.07) is 6.20. The summed E-state index contributed by atoms with van der Waals surface area (Å²) in [7, 11) is 3.62. The molecule has 5 N–H and O–H groups in total. The molecule has 0 fully saturated rings. The summed E-state index contributed by atoms with van der Waals surface area (Å²) in [5.41, 5.74) is 11.4. The Bertz CT molecular complexity index is 2430. The first-order chi connectivity index (χ1) is 28.3. The maximum Gasteiger partial charge on any atom is 0.408 e. The van der Waals surface area contributed by atoms with Gasteiger partial charge in [0.1, 0.15) is 29.9 Å². The number of rotatable bonds is 7. The zero-order chi connectivity index (χ0) is 41.7. The van der Waals surface area contributed by atoms with Crippen LogP contribution < -0.4 is 21.7 Å². The molecule has 316 valence electrons. The second kappa shape index (κ2) is 18.8. The standard InChI is InChI=1S/C23H28FN7O2.C18H20FN7.ClH/c1-23(2,3)33-22(32)29-19-8-6-5-7-14-9-17(18(24)10-16(14)19)20-25-13-26-21(30-20)28-15-11-27-31(4)12-15;1-26-9-12(8-23-26)24-18-22-10-21-17(25-18)14-6-11-4-2-3-5-16(20)13(11)7-15(14)19;/h9-13,19H,5-8H2,1-4H3,(H,29,32)(H,25,26,28,30);6-10,16H,2-5,20H2,1H3,(H,21,22,24,25);1H/t19-;16-;/m11./s1. The molecule has 2 aliphatic carbocycles. The molecule has 19 heteroatoms. The normalized spacial score (nSPS) is 16.1. The molecule has 0 saturated heterocycles. The lowest BCUT2D eigenvalue weighted by atomic mass is 9.96. The molecule has 2 aromatic carbocycles. The Morgan fingerprint density at radius 3 is 1.75 bits per heavy atom. The van der Waals surface area contributed by atoms with Crippen LogP contribution in [-0.4, -0.2) is 61.2 Å². The average Bonchev–Trinajstić information content (AvgIpc) is 3.68. The summed E-state index contributed by atoms with van der Waals surface area (Å²) in [6.07, 6.45) is 16.3. The highest BCUT2D eigenvalue weighted by Gasteiger charge is 2.26. The van der Waals surface area contributed by atoms with Crippen molar-refractivity contribution >= 4 is 41.8 Å². The predicted molar refractivity (Wildman–Crippen MR) is 225 cm³/mol. The van der Waals surface area contributed by atoms with Gasteiger partial charge in [-0.25, -0.2) is 33.5 Å². The third kappa shape index (κ3) is 10.9. The van der Waals surface area contributed by atoms with E-state index in [-0.39, 0.29) is 36.1 Å². The zero-order valence-corrected chi connectivity index (χ0v) is 34.9. The molecule has 1 amide bonds. The monoisotopic (exact) mass is 842 g/mol. The lowest BCUT2D eigenvalue weighted by molar-refractivity contribution is 0.0500. The van der Waals surface area contributed by atoms with Gasteiger partial charge >= 0.3 is 6.09 Å². The first-order valence-corrected chi connectivity index (χ1v) is 19.6. The molecule has 0 bridgehead atoms. The Morgan fingerprint density at radius 2 is 1.25 bits per heavy atom. The van der Waals surface area contributed by atoms with E-state index in [1.807, 2.05) is 33.9 Å². The molecule has 0 radical (unpaired) electrons. The number of anilines is 4. The van der Waals surface area contributed by atoms with Crippen LogP contribution in [0.2, 0.25) is 0 Å². The van der Waals surface area contributed by atoms with Gasteiger partial charge in [-0.3, -0.25) is 9.36 Å². The number of ether oxygens (including phenoxy) is 1. The number of aromatic nitrogens is 10. The van der Waals surface area contributed by atoms with E-state index in [0.29, 0.717) is 34.5 Å². The average molecular weight is 843 g/mol. The number of fused-ring (bicyclic) bond motifs is 2. The van der Waals surface area contributed by atoms with Crippen molar-refractivity contribution < 1.29 is 18.3 Å². The minimum absolute atomic E-state index is 0. The van der Waals surface area contributed by atoms with Crippen molar-refractivity contribution in [1.82, 2.24) is 54.8 Å². The van der Waals surface area contributed by atoms with Crippen LogP contribution in [0, 0.1) is 11.6 Å². The van der Waals surface area contributed by atoms with Crippen LogP contribution in [-0.2, 0) is 31.7 Å². The topological polar surface area (TPSA) is 201 Å². The van der Waals surface area contributed by atoms with Gasteiger partial charge in [0.25, 0.3) is 0 Å². The van der Waals surface area contributed by atoms with Gasteiger partial charge in [0.15, 0.2) is 11.6 Å². The van der Waals surface area contributed by atoms with Crippen molar-refractivity contribution in [2.24, 2.45) is 19.8 Å². The number of alkyl carbamates (subject to hydrolysis) is 1. The number of aryl methyl sites for hydroxylation is 4. The van der Waals surface area contributed by atoms with E-state index < -0.39 is 17.5 Å². The Hall–Kier alpha value is -6.14. The maximum atomic E-state index is 15.3. The van der Waals surface area contributed by atoms with Crippen LogP contribution in [0.5, 0.6) is 0 Å². The Balaban J connectivity index is 0.000000203. The lowest BCUT2D eigenvalue weighted by Crippen LogP contribution is -2.35. The van der Waals surface area contributed by atoms with E-state index in [1.165, 1.54) is 18.7 Å². The number of nitrogens with one attached hydrogen (secondary N) is 3. The molecular weight excluding hydrogens is 794 g/mol. The minimum Gasteiger partial charge on any atom is -0.444 e. The summed E-state index contributed by atoms with van der Waals surface area (Å²) in [5, 5.41) is 17.2. The van der Waals surface area contributed by atoms with E-state index in [0.717, 1.165) is 79.3 Å². The highest BCUT2D eigenvalue weighted by molar-refractivity contribution is 5.85. The highest BCUT2D eigenvalue weighted by Crippen LogP contribution is 2.35. The number of hydrogen-bond acceptors (Lipinski definition) is 13. The van der Waals surface area contributed by atoms with E-state index in [9.17, 15) is 9.18 Å². The second-order valence-electron chi connectivity index (χ2n) is 15.7. The molecule has 6 aromatic rings. The Labute approximate surface area is 352 Å². The quantitative estimate of drug-likeness (QED) is 0.114. The molecule has 0 spiro atoms. The number of amides is 1. The molecule has 60 heavy (non-hydrogen) atoms. The summed E-state index contributed by atoms with van der Waals surface area (Å²) in [6.45, 7) is 5.43. The zero-order valence-electron chi connectivity index (χ0n) is 34.1. The number of halogens is 3. The number of benzene rings is 2. The van der Waals surface area contributed by atoms with Gasteiger partial charge in [-0.2, -0.15) is 20.2 Å². The molecular formula is C41H49ClF2N14O2. The smallest absolute Gasteiger partial charge is 0.408 e. The molecule has 4 heterocycles. The number of nitrogens with two attached hydrogens (primary N) is 1. The van der Waals surface area contributed by atoms with Crippen molar-refractivity contribution in [2.45, 2.75) is 89.8 Å². The molecule has 2 atom stereocenters. The van der Waals surface area contributed by atoms with E-state index in [2.05, 4.69) is 56.1 Å². The van der Waals surface area contributed by atoms with Crippen LogP contribution in [0.4, 0.5) is 36.8 Å². The van der Waals surface area contributed by atoms with Crippen LogP contribution >= 0.6 is 12.4 Å². The molecule has 0 unspecified atom stereocenters. The van der Waals surface area contributed by atoms with E-state index >= 15 is 4.39 Å². The fourth-order valence-corrected chi connectivity index (χ4v) is 7.17. The molecule has 4 aromatic heterocycles. The van der Waals surface area contributed by atoms with E-state index in [4.69, 9.17) is 10.5 Å². The summed E-state index contributed by atoms with van der Waals surface area (Å²) in [4.78, 5) is 37.7. The predicted octanol–water partition coefficient (Wildman–Crippen LogP) is 7.75. The SMILES string of the molecule is Cl.Cn1cc(Nc2ncnc(-c3cc4c(cc3F)[C@H](N)CCCC4)n2)cn1.Cn1cc(Nc2ncnc(-c3cc4c(cc3F)[C@H](NC(=O)OC(C)(C)C)CCCC4)n2)cn1. The van der Waals surface area contributed by atoms with Gasteiger partial charge in [-0.05, 0) is 106 Å². The second-order valence-corrected chi connectivity index (χ2v) is 15.7. The van der Waals surface area contributed by atoms with Gasteiger partial charge in [0.05, 0.1) is 40.9 Å². The van der Waals surface area contributed by atoms with Crippen LogP contribution in [0.15, 0.2) is 61.7 Å². The number of nitrogens with zero attached hydrogens (tertiary/aromatic N) is 10. The van der Waals surface area contributed by atoms with Gasteiger partial charge in [-0.1, -0.05) is 12.8 Å². The molecule has 0 aliphatic heterocycles. The van der Waals surface area contributed by atoms with Crippen molar-refractivity contribution in [3.63, 3.8) is 0 Å². The summed E-state index contributed by atoms with van der Waals surface area (Å²) < 4.78 is 38.7. The maximum absolute atomic E-state index is 15.3. The summed E-state index contributed by atoms with van der Waals surface area (Å²) >= 11 is 0. The minimum atomic E-state index is -0.604. The van der Waals surface area contributed by atoms with Crippen molar-refractivity contribution in [3.8, 4) is 22.8 Å². The fourth-order valence-electron chi connectivity index (χ4n) is 7.17. The third-order valence-corrected chi connectivity index (χ3v) is 9.87. The largest absolute Gasteiger partial charge is 0.444 e. The molecule has 2 aliphatic rings. The molecule has 0 saturated carbocycles. The number of carbonyl (C=O) groups excluding carboxylic acids is 1. The van der Waals surface area contributed by atoms with Crippen LogP contribution in [0.25, 0.3) is 22.8 Å². The summed E-state index contributed by atoms with van der Waals surface area (Å²) in [5.74, 6) is 0.354. The molecule has 8 rings (SSSR count). The van der Waals surface area contributed by atoms with Crippen LogP contribution in [0.3, 0.4) is 0 Å². The Morgan fingerprint density at radius 1 is 0.750 bits per heavy atom. The number of hydrogen-bond donors (Lipinski definition) is 4. The number of carbonyl (C=O) groups is 1. The van der Waals surface area contributed by atoms with Crippen molar-refractivity contribution in [1.29, 1.82) is 0 Å². The van der Waals surface area contributed by atoms with Gasteiger partial charge in [0.2, 0.25) is 11.9 Å². The molecule has 16 nitrogen and oxygen atoms in total. The van der Waals surface area contributed by atoms with Gasteiger partial charge < -0.3 is 26.4 Å². The van der Waals surface area contributed by atoms with Crippen molar-refractivity contribution in [3.05, 3.63) is 95.6 Å². The fraction of sp³-hybridized carbons (Fsp3) is 0.390. The van der Waals surface area contributed by atoms with Gasteiger partial charge in [0, 0.05) is 32.5 Å². The van der Waals surface area contributed by atoms with Gasteiger partial charge in [-0.15, -0.1) is 12.4 Å². The highest BCUT2D eigenvalue weighted by atomic mass is 35.5. The van der Waals surface area contributed by atoms with Crippen LogP contribution in [0.1, 0.15) is 93.6 Å². The third-order valence-electron chi connectivity index (χ3n) is 9.87. The first-order valence-electron chi connectivity index (χ1n) is 19.6. The Kier molecular flexibility index (Phi) is 13.6. The van der Waals surface area contributed by atoms with E-state index in [1.54, 1.807) is 53.3 Å². The lowest BCUT2D eigenvalue weighted by Gasteiger charge is -2.24. The first kappa shape index (κ1) is 43.4. The van der Waals surface area contributed by atoms with Crippen molar-refractivity contribution in [2.75, 3.05) is 10.6 Å².